The SMILES string of the molecule is CCCCCCCCCCOc1cnc(-c2ccc(OCCCCCCCC)cc2)nc1. The molecule has 0 saturated carbocycles. The van der Waals surface area contributed by atoms with Gasteiger partial charge in [-0.05, 0) is 37.1 Å². The van der Waals surface area contributed by atoms with E-state index in [-0.39, 0.29) is 0 Å². The number of aromatic nitrogens is 2. The lowest BCUT2D eigenvalue weighted by Gasteiger charge is -2.08. The molecule has 0 N–H and O–H groups in total. The maximum Gasteiger partial charge on any atom is 0.159 e. The molecule has 178 valence electrons. The van der Waals surface area contributed by atoms with E-state index in [1.165, 1.54) is 77.0 Å². The van der Waals surface area contributed by atoms with E-state index in [1.807, 2.05) is 24.3 Å². The van der Waals surface area contributed by atoms with Crippen molar-refractivity contribution in [3.05, 3.63) is 36.7 Å². The molecule has 0 aliphatic heterocycles. The third-order valence-electron chi connectivity index (χ3n) is 5.77. The lowest BCUT2D eigenvalue weighted by Crippen LogP contribution is -1.99. The Labute approximate surface area is 196 Å². The topological polar surface area (TPSA) is 44.2 Å². The molecule has 2 aromatic rings. The van der Waals surface area contributed by atoms with Crippen LogP contribution in [0.1, 0.15) is 104 Å². The van der Waals surface area contributed by atoms with Crippen LogP contribution in [-0.4, -0.2) is 23.2 Å². The zero-order chi connectivity index (χ0) is 22.7. The number of rotatable bonds is 19. The Morgan fingerprint density at radius 2 is 0.969 bits per heavy atom. The summed E-state index contributed by atoms with van der Waals surface area (Å²) < 4.78 is 11.7. The fraction of sp³-hybridized carbons (Fsp3) is 0.643. The first kappa shape index (κ1) is 26.2. The summed E-state index contributed by atoms with van der Waals surface area (Å²) in [5.41, 5.74) is 0.992. The molecule has 1 heterocycles. The van der Waals surface area contributed by atoms with Crippen molar-refractivity contribution < 1.29 is 9.47 Å². The molecule has 1 aromatic heterocycles. The highest BCUT2D eigenvalue weighted by molar-refractivity contribution is 5.56. The molecule has 0 radical (unpaired) electrons. The van der Waals surface area contributed by atoms with Gasteiger partial charge in [0.15, 0.2) is 11.6 Å². The minimum atomic E-state index is 0.715. The van der Waals surface area contributed by atoms with Crippen molar-refractivity contribution in [3.8, 4) is 22.9 Å². The normalized spacial score (nSPS) is 10.9. The van der Waals surface area contributed by atoms with Crippen LogP contribution in [0.3, 0.4) is 0 Å². The first-order valence-electron chi connectivity index (χ1n) is 13.0. The van der Waals surface area contributed by atoms with Crippen LogP contribution in [0.2, 0.25) is 0 Å². The van der Waals surface area contributed by atoms with Crippen molar-refractivity contribution in [3.63, 3.8) is 0 Å². The molecular formula is C28H44N2O2. The molecule has 0 fully saturated rings. The lowest BCUT2D eigenvalue weighted by atomic mass is 10.1. The van der Waals surface area contributed by atoms with E-state index in [2.05, 4.69) is 23.8 Å². The summed E-state index contributed by atoms with van der Waals surface area (Å²) >= 11 is 0. The summed E-state index contributed by atoms with van der Waals surface area (Å²) in [4.78, 5) is 8.94. The third-order valence-corrected chi connectivity index (χ3v) is 5.77. The molecule has 0 saturated heterocycles. The van der Waals surface area contributed by atoms with Crippen molar-refractivity contribution >= 4 is 0 Å². The second-order valence-corrected chi connectivity index (χ2v) is 8.71. The van der Waals surface area contributed by atoms with Gasteiger partial charge in [-0.2, -0.15) is 0 Å². The van der Waals surface area contributed by atoms with Crippen LogP contribution in [-0.2, 0) is 0 Å². The van der Waals surface area contributed by atoms with Gasteiger partial charge < -0.3 is 9.47 Å². The van der Waals surface area contributed by atoms with Crippen LogP contribution in [0, 0.1) is 0 Å². The minimum absolute atomic E-state index is 0.715. The third kappa shape index (κ3) is 11.5. The van der Waals surface area contributed by atoms with Crippen molar-refractivity contribution in [1.82, 2.24) is 9.97 Å². The Morgan fingerprint density at radius 1 is 0.531 bits per heavy atom. The Bertz CT molecular complexity index is 686. The maximum absolute atomic E-state index is 5.86. The average molecular weight is 441 g/mol. The van der Waals surface area contributed by atoms with Crippen LogP contribution in [0.5, 0.6) is 11.5 Å². The van der Waals surface area contributed by atoms with Gasteiger partial charge in [0.1, 0.15) is 5.75 Å². The van der Waals surface area contributed by atoms with E-state index in [0.717, 1.165) is 43.1 Å². The van der Waals surface area contributed by atoms with Crippen molar-refractivity contribution in [2.75, 3.05) is 13.2 Å². The average Bonchev–Trinajstić information content (AvgIpc) is 2.83. The maximum atomic E-state index is 5.86. The van der Waals surface area contributed by atoms with Crippen molar-refractivity contribution in [2.45, 2.75) is 104 Å². The lowest BCUT2D eigenvalue weighted by molar-refractivity contribution is 0.302. The van der Waals surface area contributed by atoms with Crippen LogP contribution < -0.4 is 9.47 Å². The second-order valence-electron chi connectivity index (χ2n) is 8.71. The smallest absolute Gasteiger partial charge is 0.159 e. The summed E-state index contributed by atoms with van der Waals surface area (Å²) in [6.45, 7) is 6.03. The largest absolute Gasteiger partial charge is 0.494 e. The number of benzene rings is 1. The summed E-state index contributed by atoms with van der Waals surface area (Å²) in [6.07, 6.45) is 21.6. The van der Waals surface area contributed by atoms with Gasteiger partial charge in [0.25, 0.3) is 0 Å². The zero-order valence-corrected chi connectivity index (χ0v) is 20.5. The molecular weight excluding hydrogens is 396 g/mol. The number of unbranched alkanes of at least 4 members (excludes halogenated alkanes) is 12. The van der Waals surface area contributed by atoms with Crippen LogP contribution in [0.15, 0.2) is 36.7 Å². The van der Waals surface area contributed by atoms with E-state index >= 15 is 0 Å². The zero-order valence-electron chi connectivity index (χ0n) is 20.5. The first-order chi connectivity index (χ1) is 15.8. The Balaban J connectivity index is 1.60. The molecule has 2 rings (SSSR count). The quantitative estimate of drug-likeness (QED) is 0.206. The fourth-order valence-corrected chi connectivity index (χ4v) is 3.74. The van der Waals surface area contributed by atoms with Gasteiger partial charge in [-0.1, -0.05) is 90.9 Å². The van der Waals surface area contributed by atoms with Gasteiger partial charge in [0, 0.05) is 5.56 Å². The molecule has 0 atom stereocenters. The van der Waals surface area contributed by atoms with Gasteiger partial charge >= 0.3 is 0 Å². The van der Waals surface area contributed by atoms with Gasteiger partial charge in [0.2, 0.25) is 0 Å². The molecule has 0 aliphatic carbocycles. The van der Waals surface area contributed by atoms with Gasteiger partial charge in [-0.3, -0.25) is 0 Å². The van der Waals surface area contributed by atoms with E-state index in [0.29, 0.717) is 5.82 Å². The standard InChI is InChI=1S/C28H44N2O2/c1-3-5-7-9-11-12-14-16-22-32-27-23-29-28(30-24-27)25-17-19-26(20-18-25)31-21-15-13-10-8-6-4-2/h17-20,23-24H,3-16,21-22H2,1-2H3. The number of nitrogens with zero attached hydrogens (tertiary/aromatic N) is 2. The van der Waals surface area contributed by atoms with E-state index in [4.69, 9.17) is 9.47 Å². The van der Waals surface area contributed by atoms with Crippen LogP contribution in [0.4, 0.5) is 0 Å². The number of hydrogen-bond acceptors (Lipinski definition) is 4. The van der Waals surface area contributed by atoms with E-state index < -0.39 is 0 Å². The van der Waals surface area contributed by atoms with Crippen molar-refractivity contribution in [2.24, 2.45) is 0 Å². The Hall–Kier alpha value is -2.10. The highest BCUT2D eigenvalue weighted by Gasteiger charge is 2.03. The molecule has 0 unspecified atom stereocenters. The Morgan fingerprint density at radius 3 is 1.47 bits per heavy atom. The van der Waals surface area contributed by atoms with Crippen LogP contribution in [0.25, 0.3) is 11.4 Å². The number of ether oxygens (including phenoxy) is 2. The minimum Gasteiger partial charge on any atom is -0.494 e. The Kier molecular flexibility index (Phi) is 14.3. The highest BCUT2D eigenvalue weighted by Crippen LogP contribution is 2.21. The first-order valence-corrected chi connectivity index (χ1v) is 13.0. The predicted molar refractivity (Wildman–Crippen MR) is 134 cm³/mol. The second kappa shape index (κ2) is 17.5. The van der Waals surface area contributed by atoms with E-state index in [1.54, 1.807) is 12.4 Å². The molecule has 0 spiro atoms. The van der Waals surface area contributed by atoms with Gasteiger partial charge in [-0.25, -0.2) is 9.97 Å². The monoisotopic (exact) mass is 440 g/mol. The van der Waals surface area contributed by atoms with Gasteiger partial charge in [-0.15, -0.1) is 0 Å². The van der Waals surface area contributed by atoms with Crippen LogP contribution >= 0.6 is 0 Å². The molecule has 4 nitrogen and oxygen atoms in total. The fourth-order valence-electron chi connectivity index (χ4n) is 3.74. The molecule has 32 heavy (non-hydrogen) atoms. The van der Waals surface area contributed by atoms with Crippen molar-refractivity contribution in [1.29, 1.82) is 0 Å². The molecule has 0 bridgehead atoms. The molecule has 0 amide bonds. The summed E-state index contributed by atoms with van der Waals surface area (Å²) in [5, 5.41) is 0. The predicted octanol–water partition coefficient (Wildman–Crippen LogP) is 8.40. The molecule has 4 heteroatoms. The van der Waals surface area contributed by atoms with Gasteiger partial charge in [0.05, 0.1) is 25.6 Å². The highest BCUT2D eigenvalue weighted by atomic mass is 16.5. The summed E-state index contributed by atoms with van der Waals surface area (Å²) in [5.74, 6) is 2.37. The number of hydrogen-bond donors (Lipinski definition) is 0. The summed E-state index contributed by atoms with van der Waals surface area (Å²) in [6, 6.07) is 8.05. The summed E-state index contributed by atoms with van der Waals surface area (Å²) in [7, 11) is 0. The molecule has 0 aliphatic rings. The van der Waals surface area contributed by atoms with E-state index in [9.17, 15) is 0 Å². The molecule has 1 aromatic carbocycles.